The summed E-state index contributed by atoms with van der Waals surface area (Å²) >= 11 is 0. The summed E-state index contributed by atoms with van der Waals surface area (Å²) in [6.45, 7) is 27.1. The fourth-order valence-corrected chi connectivity index (χ4v) is 9.44. The Balaban J connectivity index is 1.43. The molecule has 4 aromatic carbocycles. The van der Waals surface area contributed by atoms with Crippen LogP contribution in [0.1, 0.15) is 156 Å². The van der Waals surface area contributed by atoms with Gasteiger partial charge in [-0.15, -0.1) is 0 Å². The summed E-state index contributed by atoms with van der Waals surface area (Å²) in [5, 5.41) is 18.9. The maximum Gasteiger partial charge on any atom is 0.346 e. The normalized spacial score (nSPS) is 12.6. The van der Waals surface area contributed by atoms with Crippen LogP contribution in [0.4, 0.5) is 5.69 Å². The number of aromatic nitrogens is 4. The van der Waals surface area contributed by atoms with E-state index in [2.05, 4.69) is 219 Å². The number of carbonyl (C=O) groups is 1. The number of nitrogens with one attached hydrogen (secondary N) is 2. The zero-order valence-corrected chi connectivity index (χ0v) is 47.4. The number of nitrogens with zero attached hydrogens (tertiary/aromatic N) is 4. The van der Waals surface area contributed by atoms with E-state index in [9.17, 15) is 15.2 Å². The van der Waals surface area contributed by atoms with Crippen molar-refractivity contribution in [3.8, 4) is 52.0 Å². The molecule has 0 saturated carbocycles. The standard InChI is InChI=1S/C70H68N6O2/c1-67(2,3)49-36-46(37-50(40-49)68(4,5)6)64-60-31-27-56(72-60)54(25-21-43-15-17-45(18-16-43)35-48(42-71)66(77)78)57-28-32-61(73-57)65(47-38-51(69(7,8)9)41-52(39-47)70(10,11)12)63-34-30-59(75-63)55(58-29-33-62(64)74-58)26-22-44-19-23-53(24-20-44)76(13)14/h15-20,23-24,27-41,74-75H,1-14H3,(H,77,78)/b48-35-,56-54?,57-54?,58-55?,59-55?,64-60?,64-62?,65-61?,65-63?. The first-order chi connectivity index (χ1) is 36.7. The number of carboxylic acids is 1. The zero-order valence-electron chi connectivity index (χ0n) is 47.4. The molecule has 0 fully saturated rings. The van der Waals surface area contributed by atoms with E-state index >= 15 is 0 Å². The van der Waals surface area contributed by atoms with E-state index in [1.165, 1.54) is 28.3 Å². The number of hydrogen-bond acceptors (Lipinski definition) is 5. The lowest BCUT2D eigenvalue weighted by Gasteiger charge is -2.26. The zero-order chi connectivity index (χ0) is 56.1. The van der Waals surface area contributed by atoms with Crippen LogP contribution < -0.4 is 4.90 Å². The van der Waals surface area contributed by atoms with Gasteiger partial charge in [0.2, 0.25) is 0 Å². The highest BCUT2D eigenvalue weighted by Crippen LogP contribution is 2.40. The van der Waals surface area contributed by atoms with Gasteiger partial charge in [-0.3, -0.25) is 0 Å². The van der Waals surface area contributed by atoms with Crippen LogP contribution >= 0.6 is 0 Å². The summed E-state index contributed by atoms with van der Waals surface area (Å²) in [6.07, 6.45) is 9.57. The lowest BCUT2D eigenvalue weighted by molar-refractivity contribution is -0.132. The predicted molar refractivity (Wildman–Crippen MR) is 325 cm³/mol. The van der Waals surface area contributed by atoms with Crippen molar-refractivity contribution in [2.24, 2.45) is 0 Å². The molecule has 5 heterocycles. The number of fused-ring (bicyclic) bond motifs is 8. The maximum atomic E-state index is 11.6. The second kappa shape index (κ2) is 20.6. The highest BCUT2D eigenvalue weighted by Gasteiger charge is 2.26. The molecule has 3 N–H and O–H groups in total. The molecule has 0 aliphatic carbocycles. The molecule has 0 unspecified atom stereocenters. The summed E-state index contributed by atoms with van der Waals surface area (Å²) in [4.78, 5) is 32.5. The largest absolute Gasteiger partial charge is 0.477 e. The van der Waals surface area contributed by atoms with Crippen LogP contribution in [-0.4, -0.2) is 45.1 Å². The van der Waals surface area contributed by atoms with Gasteiger partial charge in [-0.1, -0.05) is 155 Å². The van der Waals surface area contributed by atoms with Crippen molar-refractivity contribution in [2.75, 3.05) is 19.0 Å². The van der Waals surface area contributed by atoms with E-state index in [0.717, 1.165) is 72.5 Å². The Hall–Kier alpha value is -8.90. The quantitative estimate of drug-likeness (QED) is 0.0897. The Morgan fingerprint density at radius 3 is 1.24 bits per heavy atom. The number of aliphatic carboxylic acids is 1. The SMILES string of the molecule is CN(C)c1ccc(C#Cc2c3ccc([nH]3)c(-c3cc(C(C)(C)C)cc(C(C)(C)C)c3)c3nc(c(C#Cc4ccc(/C=C(/C#N)C(=O)O)cc4)c4nc(c(-c5cc(C(C)(C)C)cc(C(C)(C)C)c5)c5ccc2[nH]5)C=C4)C=C3)cc1. The molecule has 390 valence electrons. The Labute approximate surface area is 460 Å². The molecular formula is C70H68N6O2. The van der Waals surface area contributed by atoms with Crippen LogP contribution in [0, 0.1) is 35.0 Å². The fraction of sp³-hybridized carbons (Fsp3) is 0.257. The van der Waals surface area contributed by atoms with Crippen molar-refractivity contribution in [2.45, 2.75) is 105 Å². The monoisotopic (exact) mass is 1020 g/mol. The average molecular weight is 1030 g/mol. The second-order valence-corrected chi connectivity index (χ2v) is 24.6. The van der Waals surface area contributed by atoms with Gasteiger partial charge in [-0.05, 0) is 152 Å². The number of aromatic amines is 2. The van der Waals surface area contributed by atoms with Crippen molar-refractivity contribution in [3.05, 3.63) is 188 Å². The number of hydrogen-bond donors (Lipinski definition) is 3. The highest BCUT2D eigenvalue weighted by atomic mass is 16.4. The number of benzene rings is 4. The van der Waals surface area contributed by atoms with Gasteiger partial charge >= 0.3 is 5.97 Å². The molecule has 7 aromatic rings. The summed E-state index contributed by atoms with van der Waals surface area (Å²) in [5.41, 5.74) is 18.9. The Morgan fingerprint density at radius 1 is 0.500 bits per heavy atom. The average Bonchev–Trinajstić information content (AvgIpc) is 4.28. The first-order valence-electron chi connectivity index (χ1n) is 26.5. The molecule has 8 bridgehead atoms. The highest BCUT2D eigenvalue weighted by molar-refractivity contribution is 5.97. The minimum atomic E-state index is -1.28. The molecule has 2 aliphatic heterocycles. The lowest BCUT2D eigenvalue weighted by Crippen LogP contribution is -2.16. The Bertz CT molecular complexity index is 3760. The van der Waals surface area contributed by atoms with Gasteiger partial charge < -0.3 is 20.0 Å². The van der Waals surface area contributed by atoms with Gasteiger partial charge in [0.15, 0.2) is 0 Å². The summed E-state index contributed by atoms with van der Waals surface area (Å²) in [6, 6.07) is 39.7. The first kappa shape index (κ1) is 53.9. The van der Waals surface area contributed by atoms with Crippen molar-refractivity contribution in [3.63, 3.8) is 0 Å². The molecule has 0 radical (unpaired) electrons. The van der Waals surface area contributed by atoms with E-state index < -0.39 is 5.97 Å². The van der Waals surface area contributed by atoms with Crippen molar-refractivity contribution in [1.29, 1.82) is 5.26 Å². The Morgan fingerprint density at radius 2 is 0.872 bits per heavy atom. The molecule has 0 atom stereocenters. The first-order valence-corrected chi connectivity index (χ1v) is 26.5. The van der Waals surface area contributed by atoms with E-state index in [-0.39, 0.29) is 27.2 Å². The minimum Gasteiger partial charge on any atom is -0.477 e. The van der Waals surface area contributed by atoms with Gasteiger partial charge in [0, 0.05) is 53.1 Å². The molecule has 0 spiro atoms. The number of rotatable bonds is 5. The van der Waals surface area contributed by atoms with E-state index in [1.54, 1.807) is 18.2 Å². The third kappa shape index (κ3) is 11.6. The molecule has 9 rings (SSSR count). The Kier molecular flexibility index (Phi) is 14.2. The van der Waals surface area contributed by atoms with Crippen LogP contribution in [0.3, 0.4) is 0 Å². The molecule has 8 nitrogen and oxygen atoms in total. The number of carboxylic acid groups (broad SMARTS) is 1. The van der Waals surface area contributed by atoms with Gasteiger partial charge in [-0.2, -0.15) is 5.26 Å². The molecule has 8 heteroatoms. The molecule has 78 heavy (non-hydrogen) atoms. The number of nitriles is 1. The minimum absolute atomic E-state index is 0.147. The van der Waals surface area contributed by atoms with Gasteiger partial charge in [0.25, 0.3) is 0 Å². The van der Waals surface area contributed by atoms with Crippen molar-refractivity contribution in [1.82, 2.24) is 19.9 Å². The smallest absolute Gasteiger partial charge is 0.346 e. The number of H-pyrrole nitrogens is 2. The van der Waals surface area contributed by atoms with Crippen LogP contribution in [0.2, 0.25) is 0 Å². The van der Waals surface area contributed by atoms with Gasteiger partial charge in [-0.25, -0.2) is 14.8 Å². The third-order valence-electron chi connectivity index (χ3n) is 14.3. The van der Waals surface area contributed by atoms with Gasteiger partial charge in [0.1, 0.15) is 11.6 Å². The summed E-state index contributed by atoms with van der Waals surface area (Å²) in [7, 11) is 4.08. The van der Waals surface area contributed by atoms with Crippen molar-refractivity contribution < 1.29 is 9.90 Å². The maximum absolute atomic E-state index is 11.6. The topological polar surface area (TPSA) is 122 Å². The molecular weight excluding hydrogens is 957 g/mol. The lowest BCUT2D eigenvalue weighted by atomic mass is 9.78. The predicted octanol–water partition coefficient (Wildman–Crippen LogP) is 16.0. The van der Waals surface area contributed by atoms with Crippen LogP contribution in [0.15, 0.2) is 115 Å². The van der Waals surface area contributed by atoms with E-state index in [4.69, 9.17) is 9.97 Å². The molecule has 2 aliphatic rings. The van der Waals surface area contributed by atoms with E-state index in [1.807, 2.05) is 38.4 Å². The van der Waals surface area contributed by atoms with Gasteiger partial charge in [0.05, 0.1) is 44.9 Å². The summed E-state index contributed by atoms with van der Waals surface area (Å²) < 4.78 is 0. The molecule has 0 amide bonds. The van der Waals surface area contributed by atoms with Crippen LogP contribution in [-0.2, 0) is 26.5 Å². The summed E-state index contributed by atoms with van der Waals surface area (Å²) in [5.74, 6) is 12.8. The van der Waals surface area contributed by atoms with Crippen molar-refractivity contribution >= 4 is 64.1 Å². The van der Waals surface area contributed by atoms with Crippen LogP contribution in [0.25, 0.3) is 74.7 Å². The molecule has 0 saturated heterocycles. The third-order valence-corrected chi connectivity index (χ3v) is 14.3. The van der Waals surface area contributed by atoms with E-state index in [0.29, 0.717) is 28.1 Å². The fourth-order valence-electron chi connectivity index (χ4n) is 9.44. The molecule has 3 aromatic heterocycles. The van der Waals surface area contributed by atoms with Crippen LogP contribution in [0.5, 0.6) is 0 Å². The second-order valence-electron chi connectivity index (χ2n) is 24.6. The number of anilines is 1.